The van der Waals surface area contributed by atoms with E-state index in [-0.39, 0.29) is 17.1 Å². The average molecular weight is 398 g/mol. The summed E-state index contributed by atoms with van der Waals surface area (Å²) < 4.78 is 5.28. The number of hydrogen-bond acceptors (Lipinski definition) is 5. The monoisotopic (exact) mass is 398 g/mol. The molecule has 0 fully saturated rings. The molecule has 1 amide bonds. The van der Waals surface area contributed by atoms with E-state index in [1.807, 2.05) is 30.3 Å². The molecule has 1 atom stereocenters. The summed E-state index contributed by atoms with van der Waals surface area (Å²) in [5, 5.41) is 0. The van der Waals surface area contributed by atoms with Crippen molar-refractivity contribution in [2.45, 2.75) is 13.0 Å². The van der Waals surface area contributed by atoms with E-state index in [0.29, 0.717) is 16.9 Å². The molecule has 2 aromatic carbocycles. The first-order valence-corrected chi connectivity index (χ1v) is 9.40. The van der Waals surface area contributed by atoms with Gasteiger partial charge in [0.05, 0.1) is 11.6 Å². The number of hydrogen-bond donors (Lipinski definition) is 0. The first-order chi connectivity index (χ1) is 14.6. The van der Waals surface area contributed by atoms with Crippen LogP contribution < -0.4 is 4.90 Å². The normalized spacial score (nSPS) is 16.0. The number of esters is 1. The van der Waals surface area contributed by atoms with Crippen LogP contribution in [0.3, 0.4) is 0 Å². The Labute approximate surface area is 173 Å². The molecule has 1 aliphatic rings. The molecule has 0 N–H and O–H groups in total. The Bertz CT molecular complexity index is 1130. The van der Waals surface area contributed by atoms with Gasteiger partial charge < -0.3 is 4.74 Å². The number of Topliss-reactive ketones (excluding diaryl/α,β-unsaturated/α-hetero) is 1. The third kappa shape index (κ3) is 3.51. The number of carbonyl (C=O) groups excluding carboxylic acids is 3. The highest BCUT2D eigenvalue weighted by atomic mass is 16.5. The van der Waals surface area contributed by atoms with Gasteiger partial charge >= 0.3 is 5.97 Å². The lowest BCUT2D eigenvalue weighted by Crippen LogP contribution is -2.32. The molecule has 6 heteroatoms. The Morgan fingerprint density at radius 1 is 0.900 bits per heavy atom. The number of ketones is 1. The van der Waals surface area contributed by atoms with Crippen LogP contribution >= 0.6 is 0 Å². The highest BCUT2D eigenvalue weighted by molar-refractivity contribution is 6.21. The Kier molecular flexibility index (Phi) is 5.22. The van der Waals surface area contributed by atoms with E-state index in [2.05, 4.69) is 4.98 Å². The number of pyridine rings is 1. The van der Waals surface area contributed by atoms with E-state index < -0.39 is 17.9 Å². The zero-order valence-electron chi connectivity index (χ0n) is 16.2. The molecule has 0 unspecified atom stereocenters. The molecular formula is C24H18N2O4. The molecule has 30 heavy (non-hydrogen) atoms. The van der Waals surface area contributed by atoms with Crippen molar-refractivity contribution in [3.8, 4) is 0 Å². The van der Waals surface area contributed by atoms with Crippen molar-refractivity contribution in [1.82, 2.24) is 4.98 Å². The minimum Gasteiger partial charge on any atom is -0.420 e. The quantitative estimate of drug-likeness (QED) is 0.482. The standard InChI is InChI=1S/C24H18N2O4/c1-16(27)30-23-20(22(28)18-12-6-3-7-13-18)21(17-10-4-2-5-11-17)26(24(23)29)19-14-8-9-15-25-19/h2-15,21H,1H3/t21-/m0/s1. The van der Waals surface area contributed by atoms with E-state index in [1.165, 1.54) is 11.8 Å². The number of rotatable bonds is 5. The van der Waals surface area contributed by atoms with Crippen molar-refractivity contribution in [2.75, 3.05) is 4.90 Å². The smallest absolute Gasteiger partial charge is 0.308 e. The van der Waals surface area contributed by atoms with Gasteiger partial charge in [-0.25, -0.2) is 4.98 Å². The van der Waals surface area contributed by atoms with Gasteiger partial charge in [0.25, 0.3) is 5.91 Å². The molecule has 0 aliphatic carbocycles. The Morgan fingerprint density at radius 3 is 2.13 bits per heavy atom. The second-order valence-corrected chi connectivity index (χ2v) is 6.71. The van der Waals surface area contributed by atoms with Crippen LogP contribution in [0.4, 0.5) is 5.82 Å². The number of amides is 1. The summed E-state index contributed by atoms with van der Waals surface area (Å²) in [6.07, 6.45) is 1.56. The van der Waals surface area contributed by atoms with Gasteiger partial charge in [-0.3, -0.25) is 19.3 Å². The van der Waals surface area contributed by atoms with Crippen LogP contribution in [0.25, 0.3) is 0 Å². The number of nitrogens with zero attached hydrogens (tertiary/aromatic N) is 2. The first-order valence-electron chi connectivity index (χ1n) is 9.40. The molecule has 4 rings (SSSR count). The maximum atomic E-state index is 13.5. The van der Waals surface area contributed by atoms with E-state index in [0.717, 1.165) is 0 Å². The molecule has 0 saturated carbocycles. The van der Waals surface area contributed by atoms with Crippen molar-refractivity contribution < 1.29 is 19.1 Å². The molecule has 1 aromatic heterocycles. The lowest BCUT2D eigenvalue weighted by atomic mass is 9.93. The molecule has 2 heterocycles. The molecule has 0 bridgehead atoms. The second-order valence-electron chi connectivity index (χ2n) is 6.71. The molecule has 0 saturated heterocycles. The minimum absolute atomic E-state index is 0.109. The summed E-state index contributed by atoms with van der Waals surface area (Å²) in [4.78, 5) is 44.3. The fraction of sp³-hybridized carbons (Fsp3) is 0.0833. The van der Waals surface area contributed by atoms with Gasteiger partial charge in [-0.15, -0.1) is 0 Å². The maximum absolute atomic E-state index is 13.5. The van der Waals surface area contributed by atoms with Crippen molar-refractivity contribution in [2.24, 2.45) is 0 Å². The van der Waals surface area contributed by atoms with Gasteiger partial charge in [0, 0.05) is 18.7 Å². The Hall–Kier alpha value is -4.06. The van der Waals surface area contributed by atoms with Crippen molar-refractivity contribution in [3.63, 3.8) is 0 Å². The predicted octanol–water partition coefficient (Wildman–Crippen LogP) is 3.87. The number of benzene rings is 2. The molecule has 0 spiro atoms. The summed E-state index contributed by atoms with van der Waals surface area (Å²) in [5.41, 5.74) is 1.21. The van der Waals surface area contributed by atoms with Gasteiger partial charge in [-0.2, -0.15) is 0 Å². The number of anilines is 1. The lowest BCUT2D eigenvalue weighted by Gasteiger charge is -2.25. The van der Waals surface area contributed by atoms with Crippen molar-refractivity contribution in [1.29, 1.82) is 0 Å². The largest absolute Gasteiger partial charge is 0.420 e. The minimum atomic E-state index is -0.782. The van der Waals surface area contributed by atoms with E-state index in [9.17, 15) is 14.4 Å². The summed E-state index contributed by atoms with van der Waals surface area (Å²) in [6.45, 7) is 1.20. The zero-order valence-corrected chi connectivity index (χ0v) is 16.2. The fourth-order valence-electron chi connectivity index (χ4n) is 3.49. The number of carbonyl (C=O) groups is 3. The van der Waals surface area contributed by atoms with Gasteiger partial charge in [-0.05, 0) is 17.7 Å². The van der Waals surface area contributed by atoms with Gasteiger partial charge in [-0.1, -0.05) is 66.7 Å². The van der Waals surface area contributed by atoms with Gasteiger partial charge in [0.15, 0.2) is 5.78 Å². The molecule has 0 radical (unpaired) electrons. The van der Waals surface area contributed by atoms with Crippen LogP contribution in [0.2, 0.25) is 0 Å². The Balaban J connectivity index is 1.94. The third-order valence-corrected chi connectivity index (χ3v) is 4.73. The van der Waals surface area contributed by atoms with E-state index >= 15 is 0 Å². The summed E-state index contributed by atoms with van der Waals surface area (Å²) in [7, 11) is 0. The first kappa shape index (κ1) is 19.3. The zero-order chi connectivity index (χ0) is 21.1. The maximum Gasteiger partial charge on any atom is 0.308 e. The van der Waals surface area contributed by atoms with E-state index in [4.69, 9.17) is 4.74 Å². The topological polar surface area (TPSA) is 76.6 Å². The van der Waals surface area contributed by atoms with Gasteiger partial charge in [0.2, 0.25) is 5.76 Å². The highest BCUT2D eigenvalue weighted by Gasteiger charge is 2.46. The number of ether oxygens (including phenoxy) is 1. The molecule has 1 aliphatic heterocycles. The molecular weight excluding hydrogens is 380 g/mol. The van der Waals surface area contributed by atoms with E-state index in [1.54, 1.807) is 54.7 Å². The number of aromatic nitrogens is 1. The molecule has 148 valence electrons. The second kappa shape index (κ2) is 8.13. The molecule has 6 nitrogen and oxygen atoms in total. The SMILES string of the molecule is CC(=O)OC1=C(C(=O)c2ccccc2)[C@H](c2ccccc2)N(c2ccccn2)C1=O. The lowest BCUT2D eigenvalue weighted by molar-refractivity contribution is -0.139. The summed E-state index contributed by atoms with van der Waals surface area (Å²) in [5.74, 6) is -1.55. The summed E-state index contributed by atoms with van der Waals surface area (Å²) in [6, 6.07) is 22.1. The van der Waals surface area contributed by atoms with Crippen molar-refractivity contribution in [3.05, 3.63) is 108 Å². The Morgan fingerprint density at radius 2 is 1.53 bits per heavy atom. The van der Waals surface area contributed by atoms with Crippen LogP contribution in [-0.2, 0) is 14.3 Å². The van der Waals surface area contributed by atoms with Crippen LogP contribution in [0.1, 0.15) is 28.9 Å². The predicted molar refractivity (Wildman–Crippen MR) is 110 cm³/mol. The third-order valence-electron chi connectivity index (χ3n) is 4.73. The van der Waals surface area contributed by atoms with Gasteiger partial charge in [0.1, 0.15) is 5.82 Å². The average Bonchev–Trinajstić information content (AvgIpc) is 3.06. The fourth-order valence-corrected chi connectivity index (χ4v) is 3.49. The summed E-state index contributed by atoms with van der Waals surface area (Å²) >= 11 is 0. The van der Waals surface area contributed by atoms with Crippen LogP contribution in [0.5, 0.6) is 0 Å². The van der Waals surface area contributed by atoms with Crippen LogP contribution in [-0.4, -0.2) is 22.6 Å². The van der Waals surface area contributed by atoms with Crippen LogP contribution in [0.15, 0.2) is 96.4 Å². The van der Waals surface area contributed by atoms with Crippen molar-refractivity contribution >= 4 is 23.5 Å². The molecule has 3 aromatic rings. The van der Waals surface area contributed by atoms with Crippen LogP contribution in [0, 0.1) is 0 Å². The highest BCUT2D eigenvalue weighted by Crippen LogP contribution is 2.42.